The molecule has 0 atom stereocenters. The second kappa shape index (κ2) is 8.87. The lowest BCUT2D eigenvalue weighted by atomic mass is 10.1. The Labute approximate surface area is 173 Å². The number of nitrogens with zero attached hydrogens (tertiary/aromatic N) is 1. The number of rotatable bonds is 6. The highest BCUT2D eigenvalue weighted by molar-refractivity contribution is 5.94. The molecule has 29 heavy (non-hydrogen) atoms. The van der Waals surface area contributed by atoms with E-state index in [2.05, 4.69) is 32.0 Å². The third-order valence-electron chi connectivity index (χ3n) is 5.63. The summed E-state index contributed by atoms with van der Waals surface area (Å²) < 4.78 is 11.4. The van der Waals surface area contributed by atoms with Gasteiger partial charge in [-0.15, -0.1) is 0 Å². The van der Waals surface area contributed by atoms with Crippen LogP contribution in [-0.4, -0.2) is 50.2 Å². The number of quaternary nitrogens is 1. The average molecular weight is 396 g/mol. The Kier molecular flexibility index (Phi) is 6.05. The Balaban J connectivity index is 1.31. The summed E-state index contributed by atoms with van der Waals surface area (Å²) in [6, 6.07) is 14.1. The summed E-state index contributed by atoms with van der Waals surface area (Å²) in [5.41, 5.74) is 3.41. The molecule has 1 saturated heterocycles. The number of carbonyl (C=O) groups excluding carboxylic acids is 1. The minimum atomic E-state index is 0.105. The smallest absolute Gasteiger partial charge is 0.254 e. The number of benzene rings is 2. The van der Waals surface area contributed by atoms with Crippen molar-refractivity contribution >= 4 is 5.91 Å². The van der Waals surface area contributed by atoms with Gasteiger partial charge in [0.25, 0.3) is 5.91 Å². The number of ether oxygens (including phenoxy) is 2. The number of hydrogen-bond acceptors (Lipinski definition) is 3. The summed E-state index contributed by atoms with van der Waals surface area (Å²) in [6.07, 6.45) is 1.01. The van der Waals surface area contributed by atoms with E-state index in [0.717, 1.165) is 57.3 Å². The van der Waals surface area contributed by atoms with Crippen LogP contribution >= 0.6 is 0 Å². The average Bonchev–Trinajstić information content (AvgIpc) is 3.20. The highest BCUT2D eigenvalue weighted by Gasteiger charge is 2.25. The Morgan fingerprint density at radius 3 is 2.79 bits per heavy atom. The van der Waals surface area contributed by atoms with Crippen LogP contribution in [0, 0.1) is 5.92 Å². The molecule has 2 aromatic carbocycles. The summed E-state index contributed by atoms with van der Waals surface area (Å²) in [7, 11) is 0. The van der Waals surface area contributed by atoms with E-state index < -0.39 is 0 Å². The minimum absolute atomic E-state index is 0.105. The van der Waals surface area contributed by atoms with E-state index in [1.807, 2.05) is 29.2 Å². The molecule has 0 spiro atoms. The first kappa shape index (κ1) is 19.8. The lowest BCUT2D eigenvalue weighted by Gasteiger charge is -2.32. The third-order valence-corrected chi connectivity index (χ3v) is 5.63. The largest absolute Gasteiger partial charge is 0.493 e. The predicted molar refractivity (Wildman–Crippen MR) is 113 cm³/mol. The summed E-state index contributed by atoms with van der Waals surface area (Å²) in [5.74, 6) is 2.38. The second-order valence-electron chi connectivity index (χ2n) is 8.49. The van der Waals surface area contributed by atoms with Crippen molar-refractivity contribution in [2.75, 3.05) is 39.4 Å². The van der Waals surface area contributed by atoms with Crippen LogP contribution in [0.25, 0.3) is 0 Å². The summed E-state index contributed by atoms with van der Waals surface area (Å²) >= 11 is 0. The molecule has 0 radical (unpaired) electrons. The standard InChI is InChI=1S/C24H30N2O3/c1-18(2)17-29-22-5-3-4-21(15-22)24(27)26-11-9-25(10-12-26)16-19-6-7-23-20(14-19)8-13-28-23/h3-7,14-15,18H,8-13,16-17H2,1-2H3/p+1. The fourth-order valence-electron chi connectivity index (χ4n) is 4.01. The van der Waals surface area contributed by atoms with Crippen LogP contribution in [0.4, 0.5) is 0 Å². The van der Waals surface area contributed by atoms with E-state index in [1.54, 1.807) is 0 Å². The SMILES string of the molecule is CC(C)COc1cccc(C(=O)N2CC[NH+](Cc3ccc4c(c3)CCO4)CC2)c1. The first-order chi connectivity index (χ1) is 14.1. The molecular formula is C24H31N2O3+. The number of amides is 1. The van der Waals surface area contributed by atoms with Gasteiger partial charge in [-0.3, -0.25) is 4.79 Å². The predicted octanol–water partition coefficient (Wildman–Crippen LogP) is 2.20. The molecule has 2 aromatic rings. The van der Waals surface area contributed by atoms with E-state index in [1.165, 1.54) is 16.0 Å². The van der Waals surface area contributed by atoms with Gasteiger partial charge in [-0.1, -0.05) is 19.9 Å². The zero-order chi connectivity index (χ0) is 20.2. The van der Waals surface area contributed by atoms with Gasteiger partial charge in [0.05, 0.1) is 39.4 Å². The number of fused-ring (bicyclic) bond motifs is 1. The molecule has 2 heterocycles. The molecule has 2 aliphatic heterocycles. The number of carbonyl (C=O) groups is 1. The molecule has 0 unspecified atom stereocenters. The minimum Gasteiger partial charge on any atom is -0.493 e. The molecule has 1 amide bonds. The Hall–Kier alpha value is -2.53. The molecule has 154 valence electrons. The maximum absolute atomic E-state index is 12.9. The van der Waals surface area contributed by atoms with Crippen LogP contribution in [0.15, 0.2) is 42.5 Å². The zero-order valence-electron chi connectivity index (χ0n) is 17.4. The summed E-state index contributed by atoms with van der Waals surface area (Å²) in [5, 5.41) is 0. The molecule has 0 bridgehead atoms. The normalized spacial score (nSPS) is 16.6. The van der Waals surface area contributed by atoms with Crippen molar-refractivity contribution in [3.63, 3.8) is 0 Å². The van der Waals surface area contributed by atoms with Crippen molar-refractivity contribution < 1.29 is 19.2 Å². The molecular weight excluding hydrogens is 364 g/mol. The van der Waals surface area contributed by atoms with Crippen LogP contribution in [-0.2, 0) is 13.0 Å². The third kappa shape index (κ3) is 4.91. The van der Waals surface area contributed by atoms with Gasteiger partial charge in [0.15, 0.2) is 0 Å². The van der Waals surface area contributed by atoms with Crippen LogP contribution in [0.3, 0.4) is 0 Å². The van der Waals surface area contributed by atoms with Gasteiger partial charge < -0.3 is 19.3 Å². The molecule has 5 heteroatoms. The number of hydrogen-bond donors (Lipinski definition) is 1. The zero-order valence-corrected chi connectivity index (χ0v) is 17.4. The molecule has 5 nitrogen and oxygen atoms in total. The maximum atomic E-state index is 12.9. The van der Waals surface area contributed by atoms with Crippen molar-refractivity contribution in [1.82, 2.24) is 4.90 Å². The lowest BCUT2D eigenvalue weighted by molar-refractivity contribution is -0.917. The van der Waals surface area contributed by atoms with E-state index in [4.69, 9.17) is 9.47 Å². The van der Waals surface area contributed by atoms with Crippen molar-refractivity contribution in [3.8, 4) is 11.5 Å². The molecule has 2 aliphatic rings. The first-order valence-electron chi connectivity index (χ1n) is 10.7. The quantitative estimate of drug-likeness (QED) is 0.816. The van der Waals surface area contributed by atoms with Gasteiger partial charge in [-0.05, 0) is 47.9 Å². The van der Waals surface area contributed by atoms with E-state index in [0.29, 0.717) is 18.1 Å². The molecule has 0 aliphatic carbocycles. The van der Waals surface area contributed by atoms with Crippen molar-refractivity contribution in [3.05, 3.63) is 59.2 Å². The van der Waals surface area contributed by atoms with Crippen LogP contribution in [0.1, 0.15) is 35.3 Å². The molecule has 0 saturated carbocycles. The summed E-state index contributed by atoms with van der Waals surface area (Å²) in [6.45, 7) is 10.2. The number of piperazine rings is 1. The van der Waals surface area contributed by atoms with Crippen molar-refractivity contribution in [1.29, 1.82) is 0 Å². The second-order valence-corrected chi connectivity index (χ2v) is 8.49. The van der Waals surface area contributed by atoms with Crippen molar-refractivity contribution in [2.45, 2.75) is 26.8 Å². The van der Waals surface area contributed by atoms with Gasteiger partial charge in [-0.25, -0.2) is 0 Å². The molecule has 0 aromatic heterocycles. The monoisotopic (exact) mass is 395 g/mol. The maximum Gasteiger partial charge on any atom is 0.254 e. The van der Waals surface area contributed by atoms with Gasteiger partial charge in [-0.2, -0.15) is 0 Å². The van der Waals surface area contributed by atoms with Gasteiger partial charge in [0.1, 0.15) is 18.0 Å². The summed E-state index contributed by atoms with van der Waals surface area (Å²) in [4.78, 5) is 16.4. The molecule has 1 fully saturated rings. The van der Waals surface area contributed by atoms with E-state index in [9.17, 15) is 4.79 Å². The Morgan fingerprint density at radius 2 is 2.00 bits per heavy atom. The fraction of sp³-hybridized carbons (Fsp3) is 0.458. The number of nitrogens with one attached hydrogen (secondary N) is 1. The lowest BCUT2D eigenvalue weighted by Crippen LogP contribution is -3.13. The van der Waals surface area contributed by atoms with Crippen LogP contribution in [0.5, 0.6) is 11.5 Å². The van der Waals surface area contributed by atoms with Gasteiger partial charge >= 0.3 is 0 Å². The van der Waals surface area contributed by atoms with E-state index in [-0.39, 0.29) is 5.91 Å². The topological polar surface area (TPSA) is 43.2 Å². The van der Waals surface area contributed by atoms with E-state index >= 15 is 0 Å². The van der Waals surface area contributed by atoms with Crippen LogP contribution in [0.2, 0.25) is 0 Å². The Bertz CT molecular complexity index is 857. The van der Waals surface area contributed by atoms with Crippen LogP contribution < -0.4 is 14.4 Å². The molecule has 1 N–H and O–H groups in total. The fourth-order valence-corrected chi connectivity index (χ4v) is 4.01. The Morgan fingerprint density at radius 1 is 1.17 bits per heavy atom. The molecule has 4 rings (SSSR count). The van der Waals surface area contributed by atoms with Crippen molar-refractivity contribution in [2.24, 2.45) is 5.92 Å². The van der Waals surface area contributed by atoms with Gasteiger partial charge in [0, 0.05) is 17.5 Å². The first-order valence-corrected chi connectivity index (χ1v) is 10.7. The van der Waals surface area contributed by atoms with Gasteiger partial charge in [0.2, 0.25) is 0 Å². The highest BCUT2D eigenvalue weighted by atomic mass is 16.5. The highest BCUT2D eigenvalue weighted by Crippen LogP contribution is 2.25.